The fourth-order valence-electron chi connectivity index (χ4n) is 3.76. The summed E-state index contributed by atoms with van der Waals surface area (Å²) in [6.07, 6.45) is 8.65. The van der Waals surface area contributed by atoms with Gasteiger partial charge in [0.05, 0.1) is 6.67 Å². The zero-order valence-corrected chi connectivity index (χ0v) is 13.3. The van der Waals surface area contributed by atoms with Gasteiger partial charge in [-0.1, -0.05) is 0 Å². The van der Waals surface area contributed by atoms with E-state index in [-0.39, 0.29) is 24.5 Å². The predicted molar refractivity (Wildman–Crippen MR) is 85.0 cm³/mol. The third-order valence-electron chi connectivity index (χ3n) is 5.35. The molecule has 1 saturated carbocycles. The molecule has 0 spiro atoms. The molecule has 5 nitrogen and oxygen atoms in total. The van der Waals surface area contributed by atoms with E-state index in [0.717, 1.165) is 31.9 Å². The summed E-state index contributed by atoms with van der Waals surface area (Å²) < 4.78 is 12.8. The normalized spacial score (nSPS) is 26.1. The lowest BCUT2D eigenvalue weighted by molar-refractivity contribution is -0.130. The van der Waals surface area contributed by atoms with Gasteiger partial charge in [-0.3, -0.25) is 9.18 Å². The number of piperidine rings is 1. The van der Waals surface area contributed by atoms with Crippen molar-refractivity contribution >= 4 is 11.9 Å². The maximum absolute atomic E-state index is 12.8. The van der Waals surface area contributed by atoms with Gasteiger partial charge in [0.1, 0.15) is 0 Å². The van der Waals surface area contributed by atoms with Crippen LogP contribution >= 0.6 is 0 Å². The van der Waals surface area contributed by atoms with E-state index in [1.54, 1.807) is 0 Å². The molecular formula is C17H23FN4O. The zero-order valence-electron chi connectivity index (χ0n) is 13.3. The van der Waals surface area contributed by atoms with Gasteiger partial charge in [-0.15, -0.1) is 0 Å². The van der Waals surface area contributed by atoms with Crippen molar-refractivity contribution in [2.45, 2.75) is 44.1 Å². The summed E-state index contributed by atoms with van der Waals surface area (Å²) in [5.41, 5.74) is 1.25. The Morgan fingerprint density at radius 1 is 1.13 bits per heavy atom. The highest BCUT2D eigenvalue weighted by Gasteiger charge is 2.36. The van der Waals surface area contributed by atoms with Crippen LogP contribution < -0.4 is 4.90 Å². The van der Waals surface area contributed by atoms with Gasteiger partial charge in [-0.2, -0.15) is 0 Å². The van der Waals surface area contributed by atoms with Gasteiger partial charge in [0.25, 0.3) is 0 Å². The molecule has 0 radical (unpaired) electrons. The van der Waals surface area contributed by atoms with Crippen molar-refractivity contribution < 1.29 is 9.18 Å². The molecule has 4 rings (SSSR count). The molecule has 124 valence electrons. The summed E-state index contributed by atoms with van der Waals surface area (Å²) in [6.45, 7) is 1.92. The van der Waals surface area contributed by atoms with Crippen LogP contribution in [-0.2, 0) is 4.79 Å². The molecule has 0 bridgehead atoms. The van der Waals surface area contributed by atoms with Crippen molar-refractivity contribution in [2.75, 3.05) is 31.2 Å². The van der Waals surface area contributed by atoms with Gasteiger partial charge in [-0.25, -0.2) is 9.97 Å². The summed E-state index contributed by atoms with van der Waals surface area (Å²) in [5, 5.41) is 0. The second kappa shape index (κ2) is 6.06. The number of aromatic nitrogens is 2. The van der Waals surface area contributed by atoms with Crippen molar-refractivity contribution in [3.8, 4) is 0 Å². The van der Waals surface area contributed by atoms with Crippen LogP contribution in [0.2, 0.25) is 0 Å². The first kappa shape index (κ1) is 14.8. The second-order valence-electron chi connectivity index (χ2n) is 7.08. The van der Waals surface area contributed by atoms with Gasteiger partial charge in [-0.05, 0) is 37.2 Å². The third kappa shape index (κ3) is 3.03. The molecule has 1 aliphatic carbocycles. The molecule has 1 aromatic rings. The number of hydrogen-bond acceptors (Lipinski definition) is 4. The van der Waals surface area contributed by atoms with Gasteiger partial charge >= 0.3 is 0 Å². The smallest absolute Gasteiger partial charge is 0.225 e. The van der Waals surface area contributed by atoms with Crippen LogP contribution in [-0.4, -0.2) is 53.1 Å². The molecule has 1 amide bonds. The van der Waals surface area contributed by atoms with Crippen LogP contribution in [0.3, 0.4) is 0 Å². The van der Waals surface area contributed by atoms with Crippen molar-refractivity contribution in [1.82, 2.24) is 14.9 Å². The Bertz CT molecular complexity index is 566. The molecule has 1 aromatic heterocycles. The van der Waals surface area contributed by atoms with Crippen molar-refractivity contribution in [2.24, 2.45) is 5.92 Å². The van der Waals surface area contributed by atoms with E-state index in [4.69, 9.17) is 0 Å². The quantitative estimate of drug-likeness (QED) is 0.853. The number of likely N-dealkylation sites (tertiary alicyclic amines) is 1. The number of amides is 1. The first-order chi connectivity index (χ1) is 11.2. The monoisotopic (exact) mass is 318 g/mol. The number of rotatable bonds is 4. The van der Waals surface area contributed by atoms with E-state index < -0.39 is 0 Å². The molecule has 1 atom stereocenters. The topological polar surface area (TPSA) is 49.3 Å². The Balaban J connectivity index is 1.34. The second-order valence-corrected chi connectivity index (χ2v) is 7.08. The molecular weight excluding hydrogens is 295 g/mol. The largest absolute Gasteiger partial charge is 0.341 e. The van der Waals surface area contributed by atoms with E-state index in [1.165, 1.54) is 18.4 Å². The Morgan fingerprint density at radius 3 is 2.39 bits per heavy atom. The fraction of sp³-hybridized carbons (Fsp3) is 0.706. The third-order valence-corrected chi connectivity index (χ3v) is 5.35. The minimum Gasteiger partial charge on any atom is -0.341 e. The molecule has 3 aliphatic rings. The average molecular weight is 318 g/mol. The summed E-state index contributed by atoms with van der Waals surface area (Å²) in [6, 6.07) is 0.251. The van der Waals surface area contributed by atoms with E-state index in [1.807, 2.05) is 17.3 Å². The van der Waals surface area contributed by atoms with Crippen LogP contribution in [0.15, 0.2) is 12.4 Å². The van der Waals surface area contributed by atoms with Crippen molar-refractivity contribution in [3.05, 3.63) is 18.0 Å². The highest BCUT2D eigenvalue weighted by atomic mass is 19.1. The van der Waals surface area contributed by atoms with Crippen LogP contribution in [0, 0.1) is 5.92 Å². The molecule has 0 aromatic carbocycles. The van der Waals surface area contributed by atoms with Gasteiger partial charge in [0.2, 0.25) is 11.9 Å². The van der Waals surface area contributed by atoms with E-state index >= 15 is 0 Å². The SMILES string of the molecule is O=C1CC(CF)CN1C1CCN(c2ncc(C3CC3)cn2)CC1. The predicted octanol–water partition coefficient (Wildman–Crippen LogP) is 2.14. The molecule has 2 aliphatic heterocycles. The highest BCUT2D eigenvalue weighted by Crippen LogP contribution is 2.39. The first-order valence-corrected chi connectivity index (χ1v) is 8.67. The fourth-order valence-corrected chi connectivity index (χ4v) is 3.76. The molecule has 3 fully saturated rings. The van der Waals surface area contributed by atoms with E-state index in [2.05, 4.69) is 14.9 Å². The molecule has 2 saturated heterocycles. The number of nitrogens with zero attached hydrogens (tertiary/aromatic N) is 4. The highest BCUT2D eigenvalue weighted by molar-refractivity contribution is 5.79. The Labute approximate surface area is 135 Å². The Morgan fingerprint density at radius 2 is 1.83 bits per heavy atom. The van der Waals surface area contributed by atoms with Crippen LogP contribution in [0.4, 0.5) is 10.3 Å². The zero-order chi connectivity index (χ0) is 15.8. The van der Waals surface area contributed by atoms with Crippen LogP contribution in [0.25, 0.3) is 0 Å². The van der Waals surface area contributed by atoms with Crippen LogP contribution in [0.1, 0.15) is 43.6 Å². The lowest BCUT2D eigenvalue weighted by atomic mass is 10.0. The summed E-state index contributed by atoms with van der Waals surface area (Å²) in [4.78, 5) is 25.1. The molecule has 3 heterocycles. The number of carbonyl (C=O) groups is 1. The van der Waals surface area contributed by atoms with Gasteiger partial charge in [0.15, 0.2) is 0 Å². The number of halogens is 1. The molecule has 0 N–H and O–H groups in total. The van der Waals surface area contributed by atoms with E-state index in [0.29, 0.717) is 18.9 Å². The standard InChI is InChI=1S/C17H23FN4O/c18-8-12-7-16(23)22(11-12)15-3-5-21(6-4-15)17-19-9-14(10-20-17)13-1-2-13/h9-10,12-13,15H,1-8,11H2. The minimum atomic E-state index is -0.387. The number of carbonyl (C=O) groups excluding carboxylic acids is 1. The maximum atomic E-state index is 12.8. The minimum absolute atomic E-state index is 0.0983. The van der Waals surface area contributed by atoms with Crippen molar-refractivity contribution in [1.29, 1.82) is 0 Å². The first-order valence-electron chi connectivity index (χ1n) is 8.67. The number of hydrogen-bond donors (Lipinski definition) is 0. The van der Waals surface area contributed by atoms with Crippen LogP contribution in [0.5, 0.6) is 0 Å². The van der Waals surface area contributed by atoms with Crippen molar-refractivity contribution in [3.63, 3.8) is 0 Å². The number of alkyl halides is 1. The Hall–Kier alpha value is -1.72. The van der Waals surface area contributed by atoms with Gasteiger partial charge in [0, 0.05) is 50.4 Å². The summed E-state index contributed by atoms with van der Waals surface area (Å²) in [7, 11) is 0. The molecule has 6 heteroatoms. The maximum Gasteiger partial charge on any atom is 0.225 e. The lowest BCUT2D eigenvalue weighted by Gasteiger charge is -2.36. The molecule has 1 unspecified atom stereocenters. The Kier molecular flexibility index (Phi) is 3.91. The summed E-state index contributed by atoms with van der Waals surface area (Å²) in [5.74, 6) is 1.50. The average Bonchev–Trinajstić information content (AvgIpc) is 3.38. The molecule has 23 heavy (non-hydrogen) atoms. The van der Waals surface area contributed by atoms with E-state index in [9.17, 15) is 9.18 Å². The number of anilines is 1. The lowest BCUT2D eigenvalue weighted by Crippen LogP contribution is -2.46. The van der Waals surface area contributed by atoms with Gasteiger partial charge < -0.3 is 9.80 Å². The summed E-state index contributed by atoms with van der Waals surface area (Å²) >= 11 is 0.